The van der Waals surface area contributed by atoms with Crippen molar-refractivity contribution in [1.29, 1.82) is 0 Å². The third-order valence-electron chi connectivity index (χ3n) is 8.25. The number of fused-ring (bicyclic) bond motifs is 3. The fourth-order valence-electron chi connectivity index (χ4n) is 6.37. The molecule has 0 radical (unpaired) electrons. The molecule has 0 unspecified atom stereocenters. The van der Waals surface area contributed by atoms with E-state index in [1.54, 1.807) is 12.4 Å². The summed E-state index contributed by atoms with van der Waals surface area (Å²) in [5.41, 5.74) is 4.89. The molecule has 8 heteroatoms. The minimum Gasteiger partial charge on any atom is -0.367 e. The number of carbonyl (C=O) groups excluding carboxylic acids is 1. The van der Waals surface area contributed by atoms with Crippen LogP contribution in [-0.2, 0) is 23.2 Å². The molecule has 2 fully saturated rings. The van der Waals surface area contributed by atoms with Crippen LogP contribution in [0.2, 0.25) is 0 Å². The van der Waals surface area contributed by atoms with Gasteiger partial charge >= 0.3 is 0 Å². The summed E-state index contributed by atoms with van der Waals surface area (Å²) in [5, 5.41) is 11.6. The van der Waals surface area contributed by atoms with Gasteiger partial charge in [-0.1, -0.05) is 18.9 Å². The van der Waals surface area contributed by atoms with Crippen LogP contribution >= 0.6 is 15.9 Å². The van der Waals surface area contributed by atoms with Crippen molar-refractivity contribution in [3.63, 3.8) is 0 Å². The highest BCUT2D eigenvalue weighted by molar-refractivity contribution is 9.10. The lowest BCUT2D eigenvalue weighted by Crippen LogP contribution is -2.36. The molecule has 3 aliphatic carbocycles. The smallest absolute Gasteiger partial charge is 0.223 e. The van der Waals surface area contributed by atoms with Gasteiger partial charge in [0.15, 0.2) is 5.65 Å². The topological polar surface area (TPSA) is 84.2 Å². The van der Waals surface area contributed by atoms with Gasteiger partial charge in [-0.3, -0.25) is 9.78 Å². The second-order valence-corrected chi connectivity index (χ2v) is 11.1. The predicted molar refractivity (Wildman–Crippen MR) is 135 cm³/mol. The Balaban J connectivity index is 1.16. The third-order valence-corrected chi connectivity index (χ3v) is 8.81. The van der Waals surface area contributed by atoms with Gasteiger partial charge in [-0.25, -0.2) is 4.98 Å². The maximum absolute atomic E-state index is 12.7. The summed E-state index contributed by atoms with van der Waals surface area (Å²) in [7, 11) is 0. The van der Waals surface area contributed by atoms with Crippen LogP contribution in [0.1, 0.15) is 74.6 Å². The van der Waals surface area contributed by atoms with Gasteiger partial charge in [-0.15, -0.1) is 0 Å². The Kier molecular flexibility index (Phi) is 5.79. The largest absolute Gasteiger partial charge is 0.367 e. The Morgan fingerprint density at radius 1 is 1.15 bits per heavy atom. The molecule has 3 heterocycles. The molecule has 3 aromatic heterocycles. The van der Waals surface area contributed by atoms with Crippen molar-refractivity contribution in [2.75, 3.05) is 5.32 Å². The first-order chi connectivity index (χ1) is 16.6. The van der Waals surface area contributed by atoms with Gasteiger partial charge in [0.2, 0.25) is 5.91 Å². The summed E-state index contributed by atoms with van der Waals surface area (Å²) in [4.78, 5) is 22.0. The van der Waals surface area contributed by atoms with E-state index in [2.05, 4.69) is 36.6 Å². The van der Waals surface area contributed by atoms with E-state index in [9.17, 15) is 4.79 Å². The first-order valence-corrected chi connectivity index (χ1v) is 13.4. The molecular weight excluding hydrogens is 492 g/mol. The number of hydrogen-bond acceptors (Lipinski definition) is 5. The molecule has 1 spiro atoms. The summed E-state index contributed by atoms with van der Waals surface area (Å²) in [6, 6.07) is 4.24. The number of rotatable bonds is 5. The first-order valence-electron chi connectivity index (χ1n) is 12.6. The SMILES string of the molecule is O=C(NCc1cccnc1)C1CCC(Nc2c3c(nc4c(Br)cnn24)C2(CCCC2)CC3)CC1. The van der Waals surface area contributed by atoms with Gasteiger partial charge in [-0.2, -0.15) is 9.61 Å². The van der Waals surface area contributed by atoms with E-state index in [0.717, 1.165) is 53.6 Å². The quantitative estimate of drug-likeness (QED) is 0.496. The molecule has 0 aliphatic heterocycles. The zero-order valence-corrected chi connectivity index (χ0v) is 21.0. The van der Waals surface area contributed by atoms with Crippen LogP contribution in [0, 0.1) is 5.92 Å². The molecule has 178 valence electrons. The Bertz CT molecular complexity index is 1190. The van der Waals surface area contributed by atoms with Crippen LogP contribution in [0.3, 0.4) is 0 Å². The van der Waals surface area contributed by atoms with Crippen LogP contribution in [-0.4, -0.2) is 31.5 Å². The van der Waals surface area contributed by atoms with Gasteiger partial charge in [0, 0.05) is 41.9 Å². The zero-order valence-electron chi connectivity index (χ0n) is 19.4. The summed E-state index contributed by atoms with van der Waals surface area (Å²) in [6.07, 6.45) is 16.6. The van der Waals surface area contributed by atoms with Crippen molar-refractivity contribution < 1.29 is 4.79 Å². The Morgan fingerprint density at radius 2 is 1.97 bits per heavy atom. The minimum atomic E-state index is 0.0819. The van der Waals surface area contributed by atoms with Gasteiger partial charge in [0.1, 0.15) is 5.82 Å². The summed E-state index contributed by atoms with van der Waals surface area (Å²) in [5.74, 6) is 1.37. The van der Waals surface area contributed by atoms with Crippen molar-refractivity contribution in [2.24, 2.45) is 5.92 Å². The van der Waals surface area contributed by atoms with E-state index in [4.69, 9.17) is 4.98 Å². The molecule has 1 amide bonds. The molecular formula is C26H31BrN6O. The van der Waals surface area contributed by atoms with E-state index in [-0.39, 0.29) is 17.2 Å². The van der Waals surface area contributed by atoms with E-state index in [1.165, 1.54) is 43.4 Å². The molecule has 3 aliphatic rings. The average Bonchev–Trinajstić information content (AvgIpc) is 3.59. The highest BCUT2D eigenvalue weighted by atomic mass is 79.9. The molecule has 6 rings (SSSR count). The number of aromatic nitrogens is 4. The fraction of sp³-hybridized carbons (Fsp3) is 0.538. The maximum atomic E-state index is 12.7. The minimum absolute atomic E-state index is 0.0819. The lowest BCUT2D eigenvalue weighted by atomic mass is 9.83. The summed E-state index contributed by atoms with van der Waals surface area (Å²) in [6.45, 7) is 0.544. The van der Waals surface area contributed by atoms with Crippen molar-refractivity contribution in [3.05, 3.63) is 52.0 Å². The standard InChI is InChI=1S/C26H31BrN6O/c27-21-16-30-33-23(20-9-12-26(10-1-2-11-26)22(20)32-24(21)33)31-19-7-5-18(6-8-19)25(34)29-15-17-4-3-13-28-14-17/h3-4,13-14,16,18-19,31H,1-2,5-12,15H2,(H,29,34). The number of carbonyl (C=O) groups is 1. The number of pyridine rings is 1. The van der Waals surface area contributed by atoms with Crippen LogP contribution in [0.25, 0.3) is 5.65 Å². The van der Waals surface area contributed by atoms with Crippen molar-refractivity contribution in [3.8, 4) is 0 Å². The van der Waals surface area contributed by atoms with E-state index in [1.807, 2.05) is 22.8 Å². The van der Waals surface area contributed by atoms with Gasteiger partial charge in [0.05, 0.1) is 16.4 Å². The number of nitrogens with zero attached hydrogens (tertiary/aromatic N) is 4. The third kappa shape index (κ3) is 3.89. The van der Waals surface area contributed by atoms with E-state index >= 15 is 0 Å². The molecule has 3 aromatic rings. The van der Waals surface area contributed by atoms with Crippen molar-refractivity contribution >= 4 is 33.3 Å². The molecule has 0 aromatic carbocycles. The molecule has 2 N–H and O–H groups in total. The summed E-state index contributed by atoms with van der Waals surface area (Å²) >= 11 is 3.66. The lowest BCUT2D eigenvalue weighted by Gasteiger charge is -2.30. The zero-order chi connectivity index (χ0) is 23.1. The molecule has 34 heavy (non-hydrogen) atoms. The van der Waals surface area contributed by atoms with Crippen LogP contribution in [0.5, 0.6) is 0 Å². The molecule has 0 saturated heterocycles. The van der Waals surface area contributed by atoms with Gasteiger partial charge < -0.3 is 10.6 Å². The van der Waals surface area contributed by atoms with E-state index < -0.39 is 0 Å². The number of halogens is 1. The van der Waals surface area contributed by atoms with Crippen molar-refractivity contribution in [1.82, 2.24) is 24.9 Å². The molecule has 0 atom stereocenters. The molecule has 7 nitrogen and oxygen atoms in total. The van der Waals surface area contributed by atoms with Crippen LogP contribution in [0.4, 0.5) is 5.82 Å². The number of nitrogens with one attached hydrogen (secondary N) is 2. The molecule has 0 bridgehead atoms. The maximum Gasteiger partial charge on any atom is 0.223 e. The fourth-order valence-corrected chi connectivity index (χ4v) is 6.72. The highest BCUT2D eigenvalue weighted by Crippen LogP contribution is 2.51. The normalized spacial score (nSPS) is 23.3. The lowest BCUT2D eigenvalue weighted by molar-refractivity contribution is -0.126. The van der Waals surface area contributed by atoms with Crippen LogP contribution < -0.4 is 10.6 Å². The second-order valence-electron chi connectivity index (χ2n) is 10.3. The Hall–Kier alpha value is -2.48. The first kappa shape index (κ1) is 22.0. The van der Waals surface area contributed by atoms with Gasteiger partial charge in [0.25, 0.3) is 0 Å². The second kappa shape index (κ2) is 8.95. The number of amides is 1. The van der Waals surface area contributed by atoms with Crippen molar-refractivity contribution in [2.45, 2.75) is 82.2 Å². The monoisotopic (exact) mass is 522 g/mol. The Labute approximate surface area is 208 Å². The highest BCUT2D eigenvalue weighted by Gasteiger charge is 2.44. The number of anilines is 1. The average molecular weight is 523 g/mol. The van der Waals surface area contributed by atoms with E-state index in [0.29, 0.717) is 12.6 Å². The number of hydrogen-bond donors (Lipinski definition) is 2. The van der Waals surface area contributed by atoms with Gasteiger partial charge in [-0.05, 0) is 78.9 Å². The predicted octanol–water partition coefficient (Wildman–Crippen LogP) is 4.93. The Morgan fingerprint density at radius 3 is 2.74 bits per heavy atom. The summed E-state index contributed by atoms with van der Waals surface area (Å²) < 4.78 is 2.94. The molecule has 2 saturated carbocycles. The van der Waals surface area contributed by atoms with Crippen LogP contribution in [0.15, 0.2) is 35.2 Å².